The quantitative estimate of drug-likeness (QED) is 0.906. The van der Waals surface area contributed by atoms with Gasteiger partial charge in [0.25, 0.3) is 0 Å². The van der Waals surface area contributed by atoms with Gasteiger partial charge in [-0.2, -0.15) is 0 Å². The first-order valence-corrected chi connectivity index (χ1v) is 8.58. The van der Waals surface area contributed by atoms with Crippen molar-refractivity contribution in [3.8, 4) is 0 Å². The molecule has 24 heavy (non-hydrogen) atoms. The zero-order valence-electron chi connectivity index (χ0n) is 15.0. The molecule has 2 heterocycles. The molecule has 1 aromatic heterocycles. The topological polar surface area (TPSA) is 70.8 Å². The molecular formula is C17H28N4O3. The highest BCUT2D eigenvalue weighted by atomic mass is 16.5. The Morgan fingerprint density at radius 2 is 2.08 bits per heavy atom. The molecule has 134 valence electrons. The second kappa shape index (κ2) is 6.37. The lowest BCUT2D eigenvalue weighted by Gasteiger charge is -2.59. The number of nitrogens with zero attached hydrogens (tertiary/aromatic N) is 3. The number of amides is 2. The van der Waals surface area contributed by atoms with Gasteiger partial charge in [-0.3, -0.25) is 4.90 Å². The van der Waals surface area contributed by atoms with E-state index < -0.39 is 0 Å². The molecule has 1 aromatic rings. The van der Waals surface area contributed by atoms with Gasteiger partial charge in [0.05, 0.1) is 11.3 Å². The van der Waals surface area contributed by atoms with Crippen LogP contribution in [-0.2, 0) is 11.3 Å². The van der Waals surface area contributed by atoms with E-state index in [4.69, 9.17) is 9.26 Å². The number of carbonyl (C=O) groups is 1. The van der Waals surface area contributed by atoms with Crippen LogP contribution in [0.2, 0.25) is 0 Å². The van der Waals surface area contributed by atoms with E-state index in [0.717, 1.165) is 44.8 Å². The molecule has 2 amide bonds. The minimum Gasteiger partial charge on any atom is -0.378 e. The van der Waals surface area contributed by atoms with Crippen LogP contribution in [-0.4, -0.2) is 65.9 Å². The number of ether oxygens (including phenoxy) is 1. The van der Waals surface area contributed by atoms with Crippen molar-refractivity contribution in [2.75, 3.05) is 33.3 Å². The lowest BCUT2D eigenvalue weighted by molar-refractivity contribution is -0.177. The van der Waals surface area contributed by atoms with E-state index in [1.54, 1.807) is 13.4 Å². The van der Waals surface area contributed by atoms with E-state index in [1.807, 2.05) is 11.0 Å². The smallest absolute Gasteiger partial charge is 0.317 e. The van der Waals surface area contributed by atoms with Crippen LogP contribution >= 0.6 is 0 Å². The Bertz CT molecular complexity index is 566. The number of methoxy groups -OCH3 is 1. The van der Waals surface area contributed by atoms with Crippen LogP contribution in [0.25, 0.3) is 0 Å². The molecule has 0 radical (unpaired) electrons. The van der Waals surface area contributed by atoms with Gasteiger partial charge in [0, 0.05) is 57.4 Å². The van der Waals surface area contributed by atoms with Crippen LogP contribution in [0.1, 0.15) is 32.9 Å². The minimum atomic E-state index is -0.165. The number of hydrogen-bond donors (Lipinski definition) is 1. The second-order valence-electron chi connectivity index (χ2n) is 7.62. The SMILES string of the molecule is CO[C@@]1(C)C[C@H](NC(=O)N2CCN(Cc3ccon3)CC2)C1(C)C. The number of hydrogen-bond acceptors (Lipinski definition) is 5. The summed E-state index contributed by atoms with van der Waals surface area (Å²) < 4.78 is 10.5. The highest BCUT2D eigenvalue weighted by Gasteiger charge is 2.58. The van der Waals surface area contributed by atoms with Gasteiger partial charge in [-0.1, -0.05) is 19.0 Å². The van der Waals surface area contributed by atoms with Gasteiger partial charge in [0.2, 0.25) is 0 Å². The number of urea groups is 1. The fourth-order valence-corrected chi connectivity index (χ4v) is 3.62. The maximum absolute atomic E-state index is 12.5. The van der Waals surface area contributed by atoms with E-state index >= 15 is 0 Å². The van der Waals surface area contributed by atoms with Crippen LogP contribution in [0.4, 0.5) is 4.79 Å². The zero-order chi connectivity index (χ0) is 17.4. The van der Waals surface area contributed by atoms with Gasteiger partial charge in [-0.25, -0.2) is 4.79 Å². The molecule has 2 atom stereocenters. The fourth-order valence-electron chi connectivity index (χ4n) is 3.62. The molecule has 0 spiro atoms. The third-order valence-electron chi connectivity index (χ3n) is 6.11. The molecule has 7 heteroatoms. The molecule has 1 aliphatic carbocycles. The monoisotopic (exact) mass is 336 g/mol. The van der Waals surface area contributed by atoms with E-state index in [1.165, 1.54) is 0 Å². The summed E-state index contributed by atoms with van der Waals surface area (Å²) in [7, 11) is 1.74. The second-order valence-corrected chi connectivity index (χ2v) is 7.62. The predicted molar refractivity (Wildman–Crippen MR) is 89.5 cm³/mol. The molecule has 7 nitrogen and oxygen atoms in total. The summed E-state index contributed by atoms with van der Waals surface area (Å²) in [4.78, 5) is 16.7. The minimum absolute atomic E-state index is 0.0346. The van der Waals surface area contributed by atoms with Gasteiger partial charge >= 0.3 is 6.03 Å². The van der Waals surface area contributed by atoms with Gasteiger partial charge in [-0.05, 0) is 13.3 Å². The molecule has 0 aromatic carbocycles. The van der Waals surface area contributed by atoms with Crippen molar-refractivity contribution in [1.82, 2.24) is 20.3 Å². The number of rotatable bonds is 4. The summed E-state index contributed by atoms with van der Waals surface area (Å²) >= 11 is 0. The Hall–Kier alpha value is -1.60. The summed E-state index contributed by atoms with van der Waals surface area (Å²) in [6.07, 6.45) is 2.45. The average molecular weight is 336 g/mol. The molecule has 1 aliphatic heterocycles. The number of piperazine rings is 1. The Kier molecular flexibility index (Phi) is 4.57. The van der Waals surface area contributed by atoms with Crippen LogP contribution < -0.4 is 5.32 Å². The molecule has 0 bridgehead atoms. The molecule has 2 aliphatic rings. The molecule has 1 N–H and O–H groups in total. The van der Waals surface area contributed by atoms with Gasteiger partial charge in [-0.15, -0.1) is 0 Å². The van der Waals surface area contributed by atoms with Crippen molar-refractivity contribution < 1.29 is 14.1 Å². The zero-order valence-corrected chi connectivity index (χ0v) is 15.0. The Balaban J connectivity index is 1.46. The van der Waals surface area contributed by atoms with Crippen molar-refractivity contribution in [2.24, 2.45) is 5.41 Å². The van der Waals surface area contributed by atoms with Crippen molar-refractivity contribution >= 4 is 6.03 Å². The Morgan fingerprint density at radius 1 is 1.38 bits per heavy atom. The summed E-state index contributed by atoms with van der Waals surface area (Å²) in [6.45, 7) is 10.4. The molecular weight excluding hydrogens is 308 g/mol. The third kappa shape index (κ3) is 3.02. The summed E-state index contributed by atoms with van der Waals surface area (Å²) in [5.74, 6) is 0. The van der Waals surface area contributed by atoms with Crippen molar-refractivity contribution in [3.63, 3.8) is 0 Å². The lowest BCUT2D eigenvalue weighted by atomic mass is 9.56. The van der Waals surface area contributed by atoms with Crippen LogP contribution in [0.15, 0.2) is 16.9 Å². The first kappa shape index (κ1) is 17.2. The summed E-state index contributed by atoms with van der Waals surface area (Å²) in [5.41, 5.74) is 0.705. The van der Waals surface area contributed by atoms with Crippen LogP contribution in [0.5, 0.6) is 0 Å². The Labute approximate surface area is 143 Å². The van der Waals surface area contributed by atoms with Crippen LogP contribution in [0, 0.1) is 5.41 Å². The number of carbonyl (C=O) groups excluding carboxylic acids is 1. The average Bonchev–Trinajstić information content (AvgIpc) is 3.07. The van der Waals surface area contributed by atoms with E-state index in [0.29, 0.717) is 0 Å². The van der Waals surface area contributed by atoms with E-state index in [2.05, 4.69) is 36.1 Å². The number of aromatic nitrogens is 1. The molecule has 1 saturated heterocycles. The van der Waals surface area contributed by atoms with Gasteiger partial charge in [0.1, 0.15) is 6.26 Å². The van der Waals surface area contributed by atoms with Crippen molar-refractivity contribution in [1.29, 1.82) is 0 Å². The largest absolute Gasteiger partial charge is 0.378 e. The highest BCUT2D eigenvalue weighted by Crippen LogP contribution is 2.51. The summed E-state index contributed by atoms with van der Waals surface area (Å²) in [6, 6.07) is 2.07. The standard InChI is InChI=1S/C17H28N4O3/c1-16(2)14(11-17(16,3)23-4)18-15(22)21-8-6-20(7-9-21)12-13-5-10-24-19-13/h5,10,14H,6-9,11-12H2,1-4H3,(H,18,22)/t14-,17-/m0/s1. The van der Waals surface area contributed by atoms with Crippen molar-refractivity contribution in [3.05, 3.63) is 18.0 Å². The first-order chi connectivity index (χ1) is 11.4. The molecule has 2 fully saturated rings. The fraction of sp³-hybridized carbons (Fsp3) is 0.765. The normalized spacial score (nSPS) is 30.0. The van der Waals surface area contributed by atoms with Crippen LogP contribution in [0.3, 0.4) is 0 Å². The number of nitrogens with one attached hydrogen (secondary N) is 1. The molecule has 1 saturated carbocycles. The highest BCUT2D eigenvalue weighted by molar-refractivity contribution is 5.75. The Morgan fingerprint density at radius 3 is 2.62 bits per heavy atom. The van der Waals surface area contributed by atoms with E-state index in [9.17, 15) is 4.79 Å². The van der Waals surface area contributed by atoms with E-state index in [-0.39, 0.29) is 23.1 Å². The first-order valence-electron chi connectivity index (χ1n) is 8.58. The predicted octanol–water partition coefficient (Wildman–Crippen LogP) is 1.71. The van der Waals surface area contributed by atoms with Gasteiger partial charge in [0.15, 0.2) is 0 Å². The molecule has 3 rings (SSSR count). The maximum atomic E-state index is 12.5. The summed E-state index contributed by atoms with van der Waals surface area (Å²) in [5, 5.41) is 7.13. The van der Waals surface area contributed by atoms with Crippen molar-refractivity contribution in [2.45, 2.75) is 45.4 Å². The molecule has 0 unspecified atom stereocenters. The van der Waals surface area contributed by atoms with Gasteiger partial charge < -0.3 is 19.5 Å². The third-order valence-corrected chi connectivity index (χ3v) is 6.11. The lowest BCUT2D eigenvalue weighted by Crippen LogP contribution is -2.69. The maximum Gasteiger partial charge on any atom is 0.317 e.